The first-order valence-corrected chi connectivity index (χ1v) is 11.4. The third-order valence-electron chi connectivity index (χ3n) is 5.71. The van der Waals surface area contributed by atoms with Crippen LogP contribution in [0.5, 0.6) is 11.6 Å². The van der Waals surface area contributed by atoms with Crippen molar-refractivity contribution in [3.63, 3.8) is 0 Å². The minimum Gasteiger partial charge on any atom is -0.436 e. The number of hydrogen-bond acceptors (Lipinski definition) is 6. The molecule has 0 saturated carbocycles. The van der Waals surface area contributed by atoms with E-state index in [2.05, 4.69) is 10.1 Å². The second-order valence-corrected chi connectivity index (χ2v) is 8.56. The Morgan fingerprint density at radius 1 is 1.28 bits per heavy atom. The molecule has 0 aliphatic carbocycles. The average molecular weight is 517 g/mol. The fourth-order valence-corrected chi connectivity index (χ4v) is 4.19. The van der Waals surface area contributed by atoms with Crippen molar-refractivity contribution in [2.45, 2.75) is 18.9 Å². The van der Waals surface area contributed by atoms with E-state index < -0.39 is 18.4 Å². The zero-order valence-electron chi connectivity index (χ0n) is 19.0. The van der Waals surface area contributed by atoms with Crippen LogP contribution in [0.2, 0.25) is 5.02 Å². The molecule has 2 amide bonds. The van der Waals surface area contributed by atoms with Crippen molar-refractivity contribution in [1.82, 2.24) is 19.7 Å². The molecule has 0 spiro atoms. The Bertz CT molecular complexity index is 1310. The van der Waals surface area contributed by atoms with Crippen LogP contribution in [-0.4, -0.2) is 51.2 Å². The highest BCUT2D eigenvalue weighted by Crippen LogP contribution is 2.33. The van der Waals surface area contributed by atoms with Crippen LogP contribution in [0.3, 0.4) is 0 Å². The molecule has 0 bridgehead atoms. The Morgan fingerprint density at radius 3 is 2.69 bits per heavy atom. The number of nitrogen functional groups attached to an aromatic ring is 1. The molecule has 36 heavy (non-hydrogen) atoms. The van der Waals surface area contributed by atoms with Crippen molar-refractivity contribution in [1.29, 1.82) is 0 Å². The highest BCUT2D eigenvalue weighted by molar-refractivity contribution is 6.30. The summed E-state index contributed by atoms with van der Waals surface area (Å²) >= 11 is 5.71. The lowest BCUT2D eigenvalue weighted by Gasteiger charge is -2.32. The van der Waals surface area contributed by atoms with Crippen LogP contribution >= 0.6 is 11.6 Å². The molecular weight excluding hydrogens is 494 g/mol. The third-order valence-corrected chi connectivity index (χ3v) is 5.92. The second-order valence-electron chi connectivity index (χ2n) is 8.12. The lowest BCUT2D eigenvalue weighted by atomic mass is 10.1. The van der Waals surface area contributed by atoms with Crippen molar-refractivity contribution < 1.29 is 23.1 Å². The van der Waals surface area contributed by atoms with Crippen molar-refractivity contribution >= 4 is 29.2 Å². The summed E-state index contributed by atoms with van der Waals surface area (Å²) in [7, 11) is 0. The van der Waals surface area contributed by atoms with Crippen molar-refractivity contribution in [2.75, 3.05) is 25.5 Å². The van der Waals surface area contributed by atoms with Gasteiger partial charge in [0.25, 0.3) is 11.8 Å². The second kappa shape index (κ2) is 10.7. The molecule has 4 rings (SSSR count). The average Bonchev–Trinajstić information content (AvgIpc) is 3.22. The largest absolute Gasteiger partial charge is 0.436 e. The Hall–Kier alpha value is -3.99. The summed E-state index contributed by atoms with van der Waals surface area (Å²) in [4.78, 5) is 30.0. The van der Waals surface area contributed by atoms with E-state index in [0.717, 1.165) is 12.1 Å². The van der Waals surface area contributed by atoms with E-state index in [0.29, 0.717) is 37.2 Å². The number of likely N-dealkylation sites (tertiary alicyclic amines) is 1. The maximum Gasteiger partial charge on any atom is 0.255 e. The van der Waals surface area contributed by atoms with E-state index in [1.54, 1.807) is 29.2 Å². The van der Waals surface area contributed by atoms with E-state index >= 15 is 0 Å². The summed E-state index contributed by atoms with van der Waals surface area (Å²) < 4.78 is 33.4. The standard InChI is InChI=1S/C24H23ClF2N6O3/c25-15-11-18(27)24(30-12-15)36-17-7-5-14(6-8-17)21-20(23(29)35)22(28)33(31-21)16-3-2-10-32(13-16)19(34)4-1-9-26/h1,4-8,11-12,16H,2-3,9-10,13,28H2,(H2,29,35). The molecule has 12 heteroatoms. The fraction of sp³-hybridized carbons (Fsp3) is 0.250. The number of anilines is 1. The number of rotatable bonds is 7. The van der Waals surface area contributed by atoms with Gasteiger partial charge < -0.3 is 21.1 Å². The zero-order valence-corrected chi connectivity index (χ0v) is 19.8. The van der Waals surface area contributed by atoms with Crippen LogP contribution in [0.25, 0.3) is 11.3 Å². The lowest BCUT2D eigenvalue weighted by molar-refractivity contribution is -0.127. The van der Waals surface area contributed by atoms with Crippen LogP contribution < -0.4 is 16.2 Å². The Morgan fingerprint density at radius 2 is 2.03 bits per heavy atom. The van der Waals surface area contributed by atoms with E-state index in [1.807, 2.05) is 0 Å². The molecule has 2 aromatic heterocycles. The predicted molar refractivity (Wildman–Crippen MR) is 130 cm³/mol. The zero-order chi connectivity index (χ0) is 25.8. The highest BCUT2D eigenvalue weighted by atomic mass is 35.5. The number of amides is 2. The molecule has 1 fully saturated rings. The van der Waals surface area contributed by atoms with Crippen LogP contribution in [0, 0.1) is 5.82 Å². The van der Waals surface area contributed by atoms with Crippen molar-refractivity contribution in [3.8, 4) is 22.9 Å². The Balaban J connectivity index is 1.60. The van der Waals surface area contributed by atoms with Gasteiger partial charge in [0.15, 0.2) is 5.82 Å². The molecule has 188 valence electrons. The lowest BCUT2D eigenvalue weighted by Crippen LogP contribution is -2.40. The number of allylic oxidation sites excluding steroid dienone is 1. The molecule has 4 N–H and O–H groups in total. The number of halogens is 3. The summed E-state index contributed by atoms with van der Waals surface area (Å²) in [6, 6.07) is 7.16. The first-order chi connectivity index (χ1) is 17.3. The Kier molecular flexibility index (Phi) is 7.49. The maximum absolute atomic E-state index is 14.0. The van der Waals surface area contributed by atoms with Gasteiger partial charge in [-0.05, 0) is 49.2 Å². The minimum absolute atomic E-state index is 0.0508. The van der Waals surface area contributed by atoms with E-state index in [-0.39, 0.29) is 39.9 Å². The van der Waals surface area contributed by atoms with E-state index in [9.17, 15) is 18.4 Å². The number of aromatic nitrogens is 3. The number of hydrogen-bond donors (Lipinski definition) is 2. The molecule has 1 saturated heterocycles. The summed E-state index contributed by atoms with van der Waals surface area (Å²) in [6.45, 7) is 0.0913. The van der Waals surface area contributed by atoms with Crippen LogP contribution in [0.15, 0.2) is 48.7 Å². The number of piperidine rings is 1. The number of carbonyl (C=O) groups excluding carboxylic acids is 2. The van der Waals surface area contributed by atoms with E-state index in [4.69, 9.17) is 27.8 Å². The quantitative estimate of drug-likeness (QED) is 0.458. The molecule has 9 nitrogen and oxygen atoms in total. The SMILES string of the molecule is NC(=O)c1c(-c2ccc(Oc3ncc(Cl)cc3F)cc2)nn(C2CCCN(C(=O)C=CCF)C2)c1N. The smallest absolute Gasteiger partial charge is 0.255 e. The Labute approximate surface area is 210 Å². The van der Waals surface area contributed by atoms with Gasteiger partial charge in [-0.1, -0.05) is 11.6 Å². The molecule has 3 aromatic rings. The van der Waals surface area contributed by atoms with Gasteiger partial charge in [-0.15, -0.1) is 0 Å². The van der Waals surface area contributed by atoms with E-state index in [1.165, 1.54) is 17.0 Å². The molecule has 1 aromatic carbocycles. The maximum atomic E-state index is 14.0. The topological polar surface area (TPSA) is 129 Å². The number of nitrogens with two attached hydrogens (primary N) is 2. The van der Waals surface area contributed by atoms with Gasteiger partial charge in [-0.25, -0.2) is 18.4 Å². The highest BCUT2D eigenvalue weighted by Gasteiger charge is 2.29. The number of ether oxygens (including phenoxy) is 1. The van der Waals surface area contributed by atoms with Gasteiger partial charge in [0.05, 0.1) is 11.1 Å². The van der Waals surface area contributed by atoms with Gasteiger partial charge in [-0.2, -0.15) is 5.10 Å². The number of benzene rings is 1. The molecule has 1 aliphatic rings. The molecule has 3 heterocycles. The predicted octanol–water partition coefficient (Wildman–Crippen LogP) is 3.90. The summed E-state index contributed by atoms with van der Waals surface area (Å²) in [6.07, 6.45) is 4.97. The van der Waals surface area contributed by atoms with Crippen LogP contribution in [-0.2, 0) is 4.79 Å². The van der Waals surface area contributed by atoms with Gasteiger partial charge in [0.2, 0.25) is 5.91 Å². The molecule has 1 unspecified atom stereocenters. The van der Waals surface area contributed by atoms with Crippen LogP contribution in [0.1, 0.15) is 29.2 Å². The van der Waals surface area contributed by atoms with Gasteiger partial charge in [-0.3, -0.25) is 9.59 Å². The summed E-state index contributed by atoms with van der Waals surface area (Å²) in [5.41, 5.74) is 12.7. The third kappa shape index (κ3) is 5.30. The summed E-state index contributed by atoms with van der Waals surface area (Å²) in [5.74, 6) is -1.63. The number of carbonyl (C=O) groups is 2. The number of alkyl halides is 1. The van der Waals surface area contributed by atoms with Crippen molar-refractivity contribution in [2.24, 2.45) is 5.73 Å². The minimum atomic E-state index is -0.754. The summed E-state index contributed by atoms with van der Waals surface area (Å²) in [5, 5.41) is 4.71. The monoisotopic (exact) mass is 516 g/mol. The van der Waals surface area contributed by atoms with Gasteiger partial charge in [0.1, 0.15) is 29.5 Å². The fourth-order valence-electron chi connectivity index (χ4n) is 4.05. The van der Waals surface area contributed by atoms with Gasteiger partial charge in [0, 0.05) is 30.9 Å². The molecule has 1 atom stereocenters. The first kappa shape index (κ1) is 25.1. The normalized spacial score (nSPS) is 15.9. The molecule has 0 radical (unpaired) electrons. The first-order valence-electron chi connectivity index (χ1n) is 11.1. The van der Waals surface area contributed by atoms with Crippen molar-refractivity contribution in [3.05, 3.63) is 65.1 Å². The van der Waals surface area contributed by atoms with Gasteiger partial charge >= 0.3 is 0 Å². The number of primary amides is 1. The number of nitrogens with zero attached hydrogens (tertiary/aromatic N) is 4. The molecule has 1 aliphatic heterocycles. The molecular formula is C24H23ClF2N6O3. The van der Waals surface area contributed by atoms with Crippen LogP contribution in [0.4, 0.5) is 14.6 Å². The number of pyridine rings is 1.